The maximum atomic E-state index is 10.5. The fourth-order valence-electron chi connectivity index (χ4n) is 2.48. The molecule has 0 unspecified atom stereocenters. The second-order valence-electron chi connectivity index (χ2n) is 5.31. The molecule has 1 aromatic carbocycles. The molecule has 1 aliphatic heterocycles. The molecular formula is C16H17N5O2. The highest BCUT2D eigenvalue weighted by Crippen LogP contribution is 2.20. The molecule has 0 aliphatic carbocycles. The first-order chi connectivity index (χ1) is 11.2. The van der Waals surface area contributed by atoms with Gasteiger partial charge in [-0.15, -0.1) is 0 Å². The summed E-state index contributed by atoms with van der Waals surface area (Å²) in [4.78, 5) is 16.4. The summed E-state index contributed by atoms with van der Waals surface area (Å²) in [6.07, 6.45) is 5.41. The Morgan fingerprint density at radius 3 is 2.52 bits per heavy atom. The fourth-order valence-corrected chi connectivity index (χ4v) is 2.48. The highest BCUT2D eigenvalue weighted by Gasteiger charge is 2.11. The Kier molecular flexibility index (Phi) is 4.46. The predicted molar refractivity (Wildman–Crippen MR) is 90.0 cm³/mol. The van der Waals surface area contributed by atoms with Gasteiger partial charge >= 0.3 is 0 Å². The van der Waals surface area contributed by atoms with Crippen molar-refractivity contribution in [2.75, 3.05) is 23.4 Å². The molecule has 2 aromatic rings. The van der Waals surface area contributed by atoms with Gasteiger partial charge in [0.15, 0.2) is 0 Å². The quantitative estimate of drug-likeness (QED) is 0.521. The van der Waals surface area contributed by atoms with Crippen molar-refractivity contribution in [3.63, 3.8) is 0 Å². The third-order valence-electron chi connectivity index (χ3n) is 3.72. The normalized spacial score (nSPS) is 14.3. The summed E-state index contributed by atoms with van der Waals surface area (Å²) in [6, 6.07) is 11.1. The van der Waals surface area contributed by atoms with E-state index in [0.29, 0.717) is 5.82 Å². The highest BCUT2D eigenvalue weighted by molar-refractivity contribution is 5.80. The Hall–Kier alpha value is -2.96. The lowest BCUT2D eigenvalue weighted by Gasteiger charge is -2.17. The second-order valence-corrected chi connectivity index (χ2v) is 5.31. The van der Waals surface area contributed by atoms with Gasteiger partial charge in [0.2, 0.25) is 0 Å². The van der Waals surface area contributed by atoms with E-state index in [2.05, 4.69) is 32.5 Å². The third-order valence-corrected chi connectivity index (χ3v) is 3.72. The molecule has 0 saturated carbocycles. The minimum absolute atomic E-state index is 0.0444. The van der Waals surface area contributed by atoms with Crippen molar-refractivity contribution in [1.82, 2.24) is 4.98 Å². The molecule has 23 heavy (non-hydrogen) atoms. The van der Waals surface area contributed by atoms with E-state index in [-0.39, 0.29) is 5.69 Å². The number of rotatable bonds is 5. The van der Waals surface area contributed by atoms with Crippen molar-refractivity contribution in [2.45, 2.75) is 12.8 Å². The number of nitro groups is 1. The predicted octanol–water partition coefficient (Wildman–Crippen LogP) is 3.04. The largest absolute Gasteiger partial charge is 0.372 e. The zero-order chi connectivity index (χ0) is 16.1. The van der Waals surface area contributed by atoms with Crippen molar-refractivity contribution in [3.05, 3.63) is 58.3 Å². The minimum atomic E-state index is -0.484. The number of hydrogen-bond donors (Lipinski definition) is 1. The average Bonchev–Trinajstić information content (AvgIpc) is 3.10. The number of aromatic nitrogens is 1. The first-order valence-electron chi connectivity index (χ1n) is 7.47. The van der Waals surface area contributed by atoms with Crippen LogP contribution in [0.3, 0.4) is 0 Å². The standard InChI is InChI=1S/C16H17N5O2/c22-21(23)15-7-8-16(17-12-15)19-18-11-13-3-5-14(6-4-13)20-9-1-2-10-20/h3-8,11-12H,1-2,9-10H2,(H,17,19)/b18-11+. The molecule has 1 N–H and O–H groups in total. The summed E-state index contributed by atoms with van der Waals surface area (Å²) < 4.78 is 0. The Morgan fingerprint density at radius 2 is 1.91 bits per heavy atom. The molecule has 2 heterocycles. The molecule has 0 radical (unpaired) electrons. The van der Waals surface area contributed by atoms with E-state index < -0.39 is 4.92 Å². The Labute approximate surface area is 133 Å². The maximum Gasteiger partial charge on any atom is 0.287 e. The van der Waals surface area contributed by atoms with Crippen molar-refractivity contribution < 1.29 is 4.92 Å². The average molecular weight is 311 g/mol. The summed E-state index contributed by atoms with van der Waals surface area (Å²) in [6.45, 7) is 2.25. The van der Waals surface area contributed by atoms with Crippen LogP contribution in [0.15, 0.2) is 47.7 Å². The molecule has 1 saturated heterocycles. The lowest BCUT2D eigenvalue weighted by atomic mass is 10.2. The van der Waals surface area contributed by atoms with Crippen LogP contribution >= 0.6 is 0 Å². The van der Waals surface area contributed by atoms with E-state index in [1.165, 1.54) is 36.9 Å². The van der Waals surface area contributed by atoms with Crippen LogP contribution in [0.5, 0.6) is 0 Å². The van der Waals surface area contributed by atoms with Gasteiger partial charge in [-0.1, -0.05) is 12.1 Å². The minimum Gasteiger partial charge on any atom is -0.372 e. The van der Waals surface area contributed by atoms with E-state index in [4.69, 9.17) is 0 Å². The summed E-state index contributed by atoms with van der Waals surface area (Å²) >= 11 is 0. The number of pyridine rings is 1. The molecule has 0 spiro atoms. The Balaban J connectivity index is 1.58. The first kappa shape index (κ1) is 15.0. The van der Waals surface area contributed by atoms with Gasteiger partial charge in [-0.05, 0) is 36.6 Å². The van der Waals surface area contributed by atoms with Crippen molar-refractivity contribution >= 4 is 23.4 Å². The van der Waals surface area contributed by atoms with Gasteiger partial charge < -0.3 is 4.90 Å². The van der Waals surface area contributed by atoms with Gasteiger partial charge in [-0.3, -0.25) is 15.5 Å². The topological polar surface area (TPSA) is 83.7 Å². The summed E-state index contributed by atoms with van der Waals surface area (Å²) in [5.74, 6) is 0.459. The number of anilines is 2. The number of benzene rings is 1. The molecule has 7 heteroatoms. The second kappa shape index (κ2) is 6.87. The van der Waals surface area contributed by atoms with Gasteiger partial charge in [0, 0.05) is 24.8 Å². The number of nitrogens with zero attached hydrogens (tertiary/aromatic N) is 4. The molecule has 1 fully saturated rings. The van der Waals surface area contributed by atoms with Gasteiger partial charge in [-0.25, -0.2) is 4.98 Å². The lowest BCUT2D eigenvalue weighted by molar-refractivity contribution is -0.385. The van der Waals surface area contributed by atoms with E-state index in [1.54, 1.807) is 6.21 Å². The molecule has 1 aliphatic rings. The smallest absolute Gasteiger partial charge is 0.287 e. The van der Waals surface area contributed by atoms with E-state index in [1.807, 2.05) is 12.1 Å². The number of hydrazone groups is 1. The monoisotopic (exact) mass is 311 g/mol. The van der Waals surface area contributed by atoms with Gasteiger partial charge in [-0.2, -0.15) is 5.10 Å². The van der Waals surface area contributed by atoms with Gasteiger partial charge in [0.25, 0.3) is 5.69 Å². The summed E-state index contributed by atoms with van der Waals surface area (Å²) in [7, 11) is 0. The molecule has 0 amide bonds. The molecule has 7 nitrogen and oxygen atoms in total. The van der Waals surface area contributed by atoms with Crippen LogP contribution < -0.4 is 10.3 Å². The fraction of sp³-hybridized carbons (Fsp3) is 0.250. The van der Waals surface area contributed by atoms with Crippen LogP contribution in [0, 0.1) is 10.1 Å². The number of nitrogens with one attached hydrogen (secondary N) is 1. The van der Waals surface area contributed by atoms with Crippen LogP contribution in [0.1, 0.15) is 18.4 Å². The highest BCUT2D eigenvalue weighted by atomic mass is 16.6. The van der Waals surface area contributed by atoms with Crippen LogP contribution in [0.4, 0.5) is 17.2 Å². The van der Waals surface area contributed by atoms with Crippen molar-refractivity contribution in [2.24, 2.45) is 5.10 Å². The van der Waals surface area contributed by atoms with Crippen molar-refractivity contribution in [3.8, 4) is 0 Å². The van der Waals surface area contributed by atoms with E-state index >= 15 is 0 Å². The van der Waals surface area contributed by atoms with E-state index in [0.717, 1.165) is 18.7 Å². The van der Waals surface area contributed by atoms with Crippen LogP contribution in [-0.2, 0) is 0 Å². The van der Waals surface area contributed by atoms with Crippen LogP contribution in [0.2, 0.25) is 0 Å². The summed E-state index contributed by atoms with van der Waals surface area (Å²) in [5.41, 5.74) is 4.92. The van der Waals surface area contributed by atoms with Crippen molar-refractivity contribution in [1.29, 1.82) is 0 Å². The molecular weight excluding hydrogens is 294 g/mol. The molecule has 118 valence electrons. The van der Waals surface area contributed by atoms with Gasteiger partial charge in [0.05, 0.1) is 11.1 Å². The molecule has 0 atom stereocenters. The van der Waals surface area contributed by atoms with Crippen LogP contribution in [-0.4, -0.2) is 29.2 Å². The Bertz CT molecular complexity index is 691. The third kappa shape index (κ3) is 3.82. The van der Waals surface area contributed by atoms with Gasteiger partial charge in [0.1, 0.15) is 12.0 Å². The first-order valence-corrected chi connectivity index (χ1v) is 7.47. The molecule has 3 rings (SSSR count). The Morgan fingerprint density at radius 1 is 1.17 bits per heavy atom. The lowest BCUT2D eigenvalue weighted by Crippen LogP contribution is -2.17. The zero-order valence-electron chi connectivity index (χ0n) is 12.6. The number of hydrogen-bond acceptors (Lipinski definition) is 6. The van der Waals surface area contributed by atoms with Crippen LogP contribution in [0.25, 0.3) is 0 Å². The SMILES string of the molecule is O=[N+]([O-])c1ccc(N/N=C/c2ccc(N3CCCC3)cc2)nc1. The maximum absolute atomic E-state index is 10.5. The zero-order valence-corrected chi connectivity index (χ0v) is 12.6. The molecule has 1 aromatic heterocycles. The summed E-state index contributed by atoms with van der Waals surface area (Å²) in [5, 5.41) is 14.6. The molecule has 0 bridgehead atoms. The van der Waals surface area contributed by atoms with E-state index in [9.17, 15) is 10.1 Å².